The van der Waals surface area contributed by atoms with Crippen LogP contribution in [0.5, 0.6) is 0 Å². The standard InChI is InChI=1S/C16H23F/c1-4-5-6-7-8-13(2)14(3)15-9-11-16(17)12-10-15/h9-12,14H,2,4-8H2,1,3H3. The highest BCUT2D eigenvalue weighted by molar-refractivity contribution is 5.27. The number of hydrogen-bond acceptors (Lipinski definition) is 0. The summed E-state index contributed by atoms with van der Waals surface area (Å²) in [6.07, 6.45) is 6.15. The lowest BCUT2D eigenvalue weighted by Crippen LogP contribution is -1.97. The van der Waals surface area contributed by atoms with Crippen molar-refractivity contribution in [1.82, 2.24) is 0 Å². The number of benzene rings is 1. The number of unbranched alkanes of at least 4 members (excludes halogenated alkanes) is 3. The van der Waals surface area contributed by atoms with E-state index in [1.165, 1.54) is 43.4 Å². The van der Waals surface area contributed by atoms with Crippen molar-refractivity contribution in [1.29, 1.82) is 0 Å². The molecule has 0 spiro atoms. The lowest BCUT2D eigenvalue weighted by molar-refractivity contribution is 0.625. The molecule has 0 amide bonds. The van der Waals surface area contributed by atoms with Crippen LogP contribution in [0, 0.1) is 5.82 Å². The number of rotatable bonds is 7. The van der Waals surface area contributed by atoms with Gasteiger partial charge in [-0.3, -0.25) is 0 Å². The van der Waals surface area contributed by atoms with Crippen molar-refractivity contribution in [2.75, 3.05) is 0 Å². The molecule has 0 nitrogen and oxygen atoms in total. The highest BCUT2D eigenvalue weighted by Gasteiger charge is 2.09. The Morgan fingerprint density at radius 2 is 1.82 bits per heavy atom. The smallest absolute Gasteiger partial charge is 0.123 e. The quantitative estimate of drug-likeness (QED) is 0.434. The fraction of sp³-hybridized carbons (Fsp3) is 0.500. The van der Waals surface area contributed by atoms with Gasteiger partial charge in [-0.2, -0.15) is 0 Å². The van der Waals surface area contributed by atoms with Crippen LogP contribution in [0.4, 0.5) is 4.39 Å². The van der Waals surface area contributed by atoms with Crippen LogP contribution in [0.3, 0.4) is 0 Å². The molecular formula is C16H23F. The van der Waals surface area contributed by atoms with Gasteiger partial charge in [0.15, 0.2) is 0 Å². The van der Waals surface area contributed by atoms with Gasteiger partial charge < -0.3 is 0 Å². The van der Waals surface area contributed by atoms with Gasteiger partial charge >= 0.3 is 0 Å². The van der Waals surface area contributed by atoms with Gasteiger partial charge in [-0.15, -0.1) is 0 Å². The summed E-state index contributed by atoms with van der Waals surface area (Å²) in [4.78, 5) is 0. The molecule has 1 unspecified atom stereocenters. The lowest BCUT2D eigenvalue weighted by Gasteiger charge is -2.15. The van der Waals surface area contributed by atoms with E-state index in [0.29, 0.717) is 5.92 Å². The van der Waals surface area contributed by atoms with Crippen LogP contribution >= 0.6 is 0 Å². The number of hydrogen-bond donors (Lipinski definition) is 0. The van der Waals surface area contributed by atoms with Crippen LogP contribution in [0.1, 0.15) is 57.4 Å². The molecule has 0 radical (unpaired) electrons. The maximum Gasteiger partial charge on any atom is 0.123 e. The summed E-state index contributed by atoms with van der Waals surface area (Å²) in [6, 6.07) is 6.76. The van der Waals surface area contributed by atoms with Crippen molar-refractivity contribution in [2.24, 2.45) is 0 Å². The Kier molecular flexibility index (Phi) is 5.96. The zero-order valence-electron chi connectivity index (χ0n) is 11.0. The van der Waals surface area contributed by atoms with Gasteiger partial charge in [0.2, 0.25) is 0 Å². The molecule has 0 aromatic heterocycles. The normalized spacial score (nSPS) is 12.4. The molecule has 0 N–H and O–H groups in total. The topological polar surface area (TPSA) is 0 Å². The van der Waals surface area contributed by atoms with Crippen LogP contribution in [-0.4, -0.2) is 0 Å². The summed E-state index contributed by atoms with van der Waals surface area (Å²) in [5.74, 6) is 0.159. The van der Waals surface area contributed by atoms with E-state index in [1.54, 1.807) is 0 Å². The highest BCUT2D eigenvalue weighted by Crippen LogP contribution is 2.26. The Balaban J connectivity index is 2.43. The van der Waals surface area contributed by atoms with Crippen molar-refractivity contribution < 1.29 is 4.39 Å². The molecule has 0 aliphatic heterocycles. The Morgan fingerprint density at radius 3 is 2.41 bits per heavy atom. The van der Waals surface area contributed by atoms with Gasteiger partial charge in [-0.1, -0.05) is 57.4 Å². The molecule has 17 heavy (non-hydrogen) atoms. The molecule has 0 aliphatic carbocycles. The summed E-state index contributed by atoms with van der Waals surface area (Å²) in [7, 11) is 0. The summed E-state index contributed by atoms with van der Waals surface area (Å²) < 4.78 is 12.8. The molecule has 0 saturated carbocycles. The van der Waals surface area contributed by atoms with E-state index in [-0.39, 0.29) is 5.82 Å². The third kappa shape index (κ3) is 4.72. The Bertz CT molecular complexity index is 337. The van der Waals surface area contributed by atoms with Crippen LogP contribution in [0.25, 0.3) is 0 Å². The minimum absolute atomic E-state index is 0.172. The summed E-state index contributed by atoms with van der Waals surface area (Å²) >= 11 is 0. The molecule has 0 bridgehead atoms. The molecule has 0 saturated heterocycles. The summed E-state index contributed by atoms with van der Waals surface area (Å²) in [5.41, 5.74) is 2.42. The van der Waals surface area contributed by atoms with Gasteiger partial charge in [0.25, 0.3) is 0 Å². The van der Waals surface area contributed by atoms with Gasteiger partial charge in [-0.05, 0) is 30.5 Å². The Labute approximate surface area is 105 Å². The maximum atomic E-state index is 12.8. The third-order valence-corrected chi connectivity index (χ3v) is 3.33. The first kappa shape index (κ1) is 14.0. The van der Waals surface area contributed by atoms with Crippen LogP contribution in [-0.2, 0) is 0 Å². The van der Waals surface area contributed by atoms with Crippen molar-refractivity contribution >= 4 is 0 Å². The zero-order chi connectivity index (χ0) is 12.7. The summed E-state index contributed by atoms with van der Waals surface area (Å²) in [5, 5.41) is 0. The first-order chi connectivity index (χ1) is 8.15. The van der Waals surface area contributed by atoms with Gasteiger partial charge in [0, 0.05) is 5.92 Å². The molecule has 1 rings (SSSR count). The molecular weight excluding hydrogens is 211 g/mol. The average molecular weight is 234 g/mol. The predicted molar refractivity (Wildman–Crippen MR) is 72.7 cm³/mol. The van der Waals surface area contributed by atoms with Crippen LogP contribution in [0.15, 0.2) is 36.4 Å². The summed E-state index contributed by atoms with van der Waals surface area (Å²) in [6.45, 7) is 8.52. The molecule has 94 valence electrons. The molecule has 1 atom stereocenters. The fourth-order valence-corrected chi connectivity index (χ4v) is 1.98. The monoisotopic (exact) mass is 234 g/mol. The van der Waals surface area contributed by atoms with Crippen LogP contribution in [0.2, 0.25) is 0 Å². The molecule has 1 aromatic carbocycles. The number of allylic oxidation sites excluding steroid dienone is 1. The second kappa shape index (κ2) is 7.26. The average Bonchev–Trinajstić information content (AvgIpc) is 2.34. The largest absolute Gasteiger partial charge is 0.207 e. The zero-order valence-corrected chi connectivity index (χ0v) is 11.0. The molecule has 0 fully saturated rings. The fourth-order valence-electron chi connectivity index (χ4n) is 1.98. The highest BCUT2D eigenvalue weighted by atomic mass is 19.1. The number of halogens is 1. The predicted octanol–water partition coefficient (Wildman–Crippen LogP) is 5.46. The lowest BCUT2D eigenvalue weighted by atomic mass is 9.90. The molecule has 1 heteroatoms. The van der Waals surface area contributed by atoms with E-state index in [1.807, 2.05) is 12.1 Å². The van der Waals surface area contributed by atoms with E-state index < -0.39 is 0 Å². The van der Waals surface area contributed by atoms with Gasteiger partial charge in [0.1, 0.15) is 5.82 Å². The van der Waals surface area contributed by atoms with Crippen molar-refractivity contribution in [3.63, 3.8) is 0 Å². The van der Waals surface area contributed by atoms with Crippen molar-refractivity contribution in [2.45, 2.75) is 51.9 Å². The first-order valence-electron chi connectivity index (χ1n) is 6.58. The molecule has 1 aromatic rings. The van der Waals surface area contributed by atoms with E-state index in [2.05, 4.69) is 20.4 Å². The molecule has 0 aliphatic rings. The van der Waals surface area contributed by atoms with Crippen LogP contribution < -0.4 is 0 Å². The first-order valence-corrected chi connectivity index (χ1v) is 6.58. The Hall–Kier alpha value is -1.11. The second-order valence-electron chi connectivity index (χ2n) is 4.74. The maximum absolute atomic E-state index is 12.8. The van der Waals surface area contributed by atoms with E-state index in [4.69, 9.17) is 0 Å². The Morgan fingerprint density at radius 1 is 1.18 bits per heavy atom. The van der Waals surface area contributed by atoms with Crippen molar-refractivity contribution in [3.8, 4) is 0 Å². The van der Waals surface area contributed by atoms with Gasteiger partial charge in [0.05, 0.1) is 0 Å². The second-order valence-corrected chi connectivity index (χ2v) is 4.74. The van der Waals surface area contributed by atoms with Crippen molar-refractivity contribution in [3.05, 3.63) is 47.8 Å². The molecule has 0 heterocycles. The van der Waals surface area contributed by atoms with E-state index >= 15 is 0 Å². The minimum atomic E-state index is -0.172. The van der Waals surface area contributed by atoms with Gasteiger partial charge in [-0.25, -0.2) is 4.39 Å². The van der Waals surface area contributed by atoms with E-state index in [9.17, 15) is 4.39 Å². The SMILES string of the molecule is C=C(CCCCCC)C(C)c1ccc(F)cc1. The van der Waals surface area contributed by atoms with E-state index in [0.717, 1.165) is 12.0 Å². The third-order valence-electron chi connectivity index (χ3n) is 3.33. The minimum Gasteiger partial charge on any atom is -0.207 e.